The van der Waals surface area contributed by atoms with Crippen molar-refractivity contribution < 1.29 is 14.7 Å². The Kier molecular flexibility index (Phi) is 10.8. The number of benzene rings is 3. The number of aliphatic hydroxyl groups is 1. The highest BCUT2D eigenvalue weighted by Gasteiger charge is 2.24. The molecule has 0 spiro atoms. The summed E-state index contributed by atoms with van der Waals surface area (Å²) in [5.41, 5.74) is 2.65. The molecule has 0 heterocycles. The van der Waals surface area contributed by atoms with Crippen LogP contribution in [0.25, 0.3) is 0 Å². The van der Waals surface area contributed by atoms with E-state index in [4.69, 9.17) is 0 Å². The summed E-state index contributed by atoms with van der Waals surface area (Å²) >= 11 is 0. The standard InChI is InChI=1S/C26H28N2O3.BrH/c29-20-24(16-26(31)27-17-21-10-4-1-5-11-21)28(18-22-12-6-2-7-13-22)19-25(30)23-14-8-3-9-15-23;/h1-15,24,29H,16-20H2,(H,27,31);1H. The highest BCUT2D eigenvalue weighted by Crippen LogP contribution is 2.13. The highest BCUT2D eigenvalue weighted by atomic mass is 79.9. The Labute approximate surface area is 199 Å². The second-order valence-electron chi connectivity index (χ2n) is 7.48. The summed E-state index contributed by atoms with van der Waals surface area (Å²) in [5, 5.41) is 13.0. The van der Waals surface area contributed by atoms with E-state index in [0.29, 0.717) is 18.7 Å². The smallest absolute Gasteiger partial charge is 0.221 e. The number of rotatable bonds is 11. The zero-order valence-electron chi connectivity index (χ0n) is 17.9. The molecule has 0 aliphatic carbocycles. The molecular formula is C26H29BrN2O3. The predicted octanol–water partition coefficient (Wildman–Crippen LogP) is 4.02. The van der Waals surface area contributed by atoms with Gasteiger partial charge in [0.1, 0.15) is 0 Å². The van der Waals surface area contributed by atoms with Gasteiger partial charge in [0, 0.05) is 31.1 Å². The molecule has 0 saturated carbocycles. The minimum atomic E-state index is -0.469. The van der Waals surface area contributed by atoms with Gasteiger partial charge in [-0.2, -0.15) is 0 Å². The van der Waals surface area contributed by atoms with Gasteiger partial charge >= 0.3 is 0 Å². The Bertz CT molecular complexity index is 953. The summed E-state index contributed by atoms with van der Waals surface area (Å²) in [4.78, 5) is 27.3. The molecule has 0 bridgehead atoms. The predicted molar refractivity (Wildman–Crippen MR) is 132 cm³/mol. The minimum absolute atomic E-state index is 0. The largest absolute Gasteiger partial charge is 0.395 e. The van der Waals surface area contributed by atoms with Crippen LogP contribution < -0.4 is 5.32 Å². The van der Waals surface area contributed by atoms with Crippen molar-refractivity contribution in [3.05, 3.63) is 108 Å². The fourth-order valence-corrected chi connectivity index (χ4v) is 3.42. The van der Waals surface area contributed by atoms with Crippen LogP contribution in [0, 0.1) is 0 Å². The molecule has 3 aromatic carbocycles. The third-order valence-electron chi connectivity index (χ3n) is 5.15. The van der Waals surface area contributed by atoms with Crippen molar-refractivity contribution in [2.45, 2.75) is 25.6 Å². The second-order valence-corrected chi connectivity index (χ2v) is 7.48. The number of hydrogen-bond donors (Lipinski definition) is 2. The first-order valence-electron chi connectivity index (χ1n) is 10.4. The number of aliphatic hydroxyl groups excluding tert-OH is 1. The van der Waals surface area contributed by atoms with E-state index in [-0.39, 0.29) is 48.2 Å². The average molecular weight is 497 g/mol. The summed E-state index contributed by atoms with van der Waals surface area (Å²) in [7, 11) is 0. The summed E-state index contributed by atoms with van der Waals surface area (Å²) in [6, 6.07) is 28.1. The lowest BCUT2D eigenvalue weighted by molar-refractivity contribution is -0.123. The Hall–Kier alpha value is -2.80. The van der Waals surface area contributed by atoms with Crippen LogP contribution >= 0.6 is 17.0 Å². The van der Waals surface area contributed by atoms with Crippen molar-refractivity contribution in [3.63, 3.8) is 0 Å². The van der Waals surface area contributed by atoms with Crippen LogP contribution in [0.1, 0.15) is 27.9 Å². The lowest BCUT2D eigenvalue weighted by atomic mass is 10.1. The number of nitrogens with zero attached hydrogens (tertiary/aromatic N) is 1. The van der Waals surface area contributed by atoms with Crippen molar-refractivity contribution in [1.29, 1.82) is 0 Å². The molecule has 3 aromatic rings. The lowest BCUT2D eigenvalue weighted by Crippen LogP contribution is -2.43. The molecule has 5 nitrogen and oxygen atoms in total. The van der Waals surface area contributed by atoms with Gasteiger partial charge in [-0.25, -0.2) is 0 Å². The zero-order valence-corrected chi connectivity index (χ0v) is 19.6. The van der Waals surface area contributed by atoms with Crippen LogP contribution in [0.4, 0.5) is 0 Å². The number of ketones is 1. The molecule has 0 fully saturated rings. The molecule has 1 unspecified atom stereocenters. The van der Waals surface area contributed by atoms with Crippen molar-refractivity contribution in [3.8, 4) is 0 Å². The summed E-state index contributed by atoms with van der Waals surface area (Å²) in [6.45, 7) is 0.805. The summed E-state index contributed by atoms with van der Waals surface area (Å²) in [5.74, 6) is -0.201. The third-order valence-corrected chi connectivity index (χ3v) is 5.15. The minimum Gasteiger partial charge on any atom is -0.395 e. The summed E-state index contributed by atoms with van der Waals surface area (Å²) in [6.07, 6.45) is 0.109. The van der Waals surface area contributed by atoms with Gasteiger partial charge in [0.25, 0.3) is 0 Å². The van der Waals surface area contributed by atoms with Crippen LogP contribution in [0.3, 0.4) is 0 Å². The number of nitrogens with one attached hydrogen (secondary N) is 1. The quantitative estimate of drug-likeness (QED) is 0.393. The van der Waals surface area contributed by atoms with Crippen molar-refractivity contribution in [2.75, 3.05) is 13.2 Å². The van der Waals surface area contributed by atoms with Gasteiger partial charge in [0.05, 0.1) is 13.2 Å². The van der Waals surface area contributed by atoms with Gasteiger partial charge < -0.3 is 10.4 Å². The number of hydrogen-bond acceptors (Lipinski definition) is 4. The lowest BCUT2D eigenvalue weighted by Gasteiger charge is -2.30. The monoisotopic (exact) mass is 496 g/mol. The van der Waals surface area contributed by atoms with Gasteiger partial charge in [-0.05, 0) is 11.1 Å². The molecule has 0 aliphatic heterocycles. The fraction of sp³-hybridized carbons (Fsp3) is 0.231. The molecule has 168 valence electrons. The van der Waals surface area contributed by atoms with Gasteiger partial charge in [-0.3, -0.25) is 14.5 Å². The Morgan fingerprint density at radius 2 is 1.34 bits per heavy atom. The van der Waals surface area contributed by atoms with E-state index in [9.17, 15) is 14.7 Å². The molecule has 6 heteroatoms. The third kappa shape index (κ3) is 8.04. The summed E-state index contributed by atoms with van der Waals surface area (Å²) < 4.78 is 0. The maximum atomic E-state index is 12.8. The molecule has 0 aromatic heterocycles. The van der Waals surface area contributed by atoms with E-state index in [2.05, 4.69) is 5.32 Å². The molecule has 0 aliphatic rings. The Morgan fingerprint density at radius 1 is 0.812 bits per heavy atom. The molecule has 0 radical (unpaired) electrons. The first kappa shape index (κ1) is 25.5. The van der Waals surface area contributed by atoms with Crippen LogP contribution in [0.5, 0.6) is 0 Å². The van der Waals surface area contributed by atoms with Crippen LogP contribution in [-0.4, -0.2) is 40.9 Å². The Morgan fingerprint density at radius 3 is 1.91 bits per heavy atom. The molecule has 32 heavy (non-hydrogen) atoms. The zero-order chi connectivity index (χ0) is 21.9. The number of carbonyl (C=O) groups excluding carboxylic acids is 2. The SMILES string of the molecule is Br.O=C(CC(CO)N(CC(=O)c1ccccc1)Cc1ccccc1)NCc1ccccc1. The highest BCUT2D eigenvalue weighted by molar-refractivity contribution is 8.93. The van der Waals surface area contributed by atoms with E-state index in [1.807, 2.05) is 83.8 Å². The van der Waals surface area contributed by atoms with E-state index in [0.717, 1.165) is 11.1 Å². The van der Waals surface area contributed by atoms with E-state index < -0.39 is 6.04 Å². The molecule has 1 amide bonds. The molecule has 1 atom stereocenters. The van der Waals surface area contributed by atoms with Gasteiger partial charge in [0.2, 0.25) is 5.91 Å². The Balaban J connectivity index is 0.00000363. The number of Topliss-reactive ketones (excluding diaryl/α,β-unsaturated/α-hetero) is 1. The average Bonchev–Trinajstić information content (AvgIpc) is 2.82. The van der Waals surface area contributed by atoms with E-state index >= 15 is 0 Å². The molecule has 3 rings (SSSR count). The van der Waals surface area contributed by atoms with Crippen LogP contribution in [0.15, 0.2) is 91.0 Å². The topological polar surface area (TPSA) is 69.6 Å². The number of carbonyl (C=O) groups is 2. The van der Waals surface area contributed by atoms with Crippen LogP contribution in [0.2, 0.25) is 0 Å². The van der Waals surface area contributed by atoms with Gasteiger partial charge in [-0.1, -0.05) is 91.0 Å². The van der Waals surface area contributed by atoms with Gasteiger partial charge in [0.15, 0.2) is 5.78 Å². The molecular weight excluding hydrogens is 468 g/mol. The van der Waals surface area contributed by atoms with Gasteiger partial charge in [-0.15, -0.1) is 17.0 Å². The maximum Gasteiger partial charge on any atom is 0.221 e. The van der Waals surface area contributed by atoms with Crippen molar-refractivity contribution >= 4 is 28.7 Å². The first-order valence-corrected chi connectivity index (χ1v) is 10.4. The second kappa shape index (κ2) is 13.6. The van der Waals surface area contributed by atoms with Crippen molar-refractivity contribution in [2.24, 2.45) is 0 Å². The maximum absolute atomic E-state index is 12.8. The van der Waals surface area contributed by atoms with E-state index in [1.165, 1.54) is 0 Å². The van der Waals surface area contributed by atoms with Crippen LogP contribution in [-0.2, 0) is 17.9 Å². The fourth-order valence-electron chi connectivity index (χ4n) is 3.42. The molecule has 0 saturated heterocycles. The molecule has 2 N–H and O–H groups in total. The first-order chi connectivity index (χ1) is 15.2. The number of amides is 1. The van der Waals surface area contributed by atoms with E-state index in [1.54, 1.807) is 12.1 Å². The van der Waals surface area contributed by atoms with Crippen molar-refractivity contribution in [1.82, 2.24) is 10.2 Å². The normalized spacial score (nSPS) is 11.4. The number of halogens is 1.